The summed E-state index contributed by atoms with van der Waals surface area (Å²) in [5.41, 5.74) is 1.12. The molecule has 0 radical (unpaired) electrons. The fourth-order valence-corrected chi connectivity index (χ4v) is 1.92. The van der Waals surface area contributed by atoms with E-state index >= 15 is 0 Å². The Morgan fingerprint density at radius 3 is 2.31 bits per heavy atom. The van der Waals surface area contributed by atoms with Crippen molar-refractivity contribution < 1.29 is 18.8 Å². The molecule has 0 bridgehead atoms. The topological polar surface area (TPSA) is 126 Å². The van der Waals surface area contributed by atoms with Gasteiger partial charge in [-0.15, -0.1) is 10.2 Å². The molecule has 26 heavy (non-hydrogen) atoms. The van der Waals surface area contributed by atoms with Crippen LogP contribution in [-0.2, 0) is 14.4 Å². The first-order valence-electron chi connectivity index (χ1n) is 8.11. The molecule has 9 heteroatoms. The molecule has 138 valence electrons. The second-order valence-electron chi connectivity index (χ2n) is 6.04. The van der Waals surface area contributed by atoms with Crippen LogP contribution in [-0.4, -0.2) is 41.0 Å². The first-order valence-corrected chi connectivity index (χ1v) is 8.11. The molecular formula is C17H21N5O4. The summed E-state index contributed by atoms with van der Waals surface area (Å²) in [5.74, 6) is -0.975. The summed E-state index contributed by atoms with van der Waals surface area (Å²) in [6.07, 6.45) is 0. The molecule has 0 saturated carbocycles. The number of hydrogen-bond donors (Lipinski definition) is 3. The highest BCUT2D eigenvalue weighted by molar-refractivity contribution is 6.39. The lowest BCUT2D eigenvalue weighted by Crippen LogP contribution is -2.42. The second-order valence-corrected chi connectivity index (χ2v) is 6.04. The lowest BCUT2D eigenvalue weighted by atomic mass is 10.2. The molecule has 0 saturated heterocycles. The summed E-state index contributed by atoms with van der Waals surface area (Å²) in [4.78, 5) is 35.1. The van der Waals surface area contributed by atoms with E-state index in [2.05, 4.69) is 26.1 Å². The van der Waals surface area contributed by atoms with Crippen molar-refractivity contribution in [2.24, 2.45) is 5.92 Å². The largest absolute Gasteiger partial charge is 0.421 e. The Morgan fingerprint density at radius 1 is 1.04 bits per heavy atom. The number of aryl methyl sites for hydroxylation is 1. The number of benzene rings is 1. The van der Waals surface area contributed by atoms with Crippen molar-refractivity contribution in [3.05, 3.63) is 30.2 Å². The van der Waals surface area contributed by atoms with E-state index in [1.165, 1.54) is 0 Å². The van der Waals surface area contributed by atoms with Crippen LogP contribution in [0.5, 0.6) is 0 Å². The summed E-state index contributed by atoms with van der Waals surface area (Å²) in [6, 6.07) is 6.57. The normalized spacial score (nSPS) is 10.5. The second kappa shape index (κ2) is 8.75. The van der Waals surface area contributed by atoms with E-state index in [9.17, 15) is 14.4 Å². The SMILES string of the molecule is Cc1nnc(-c2ccc(NC(=O)C(=O)NCC(=O)NCC(C)C)cc2)o1. The van der Waals surface area contributed by atoms with E-state index < -0.39 is 11.8 Å². The van der Waals surface area contributed by atoms with Crippen LogP contribution in [0, 0.1) is 12.8 Å². The minimum absolute atomic E-state index is 0.256. The maximum absolute atomic E-state index is 11.9. The maximum Gasteiger partial charge on any atom is 0.313 e. The van der Waals surface area contributed by atoms with Crippen molar-refractivity contribution in [2.75, 3.05) is 18.4 Å². The number of carbonyl (C=O) groups is 3. The molecule has 2 rings (SSSR count). The first-order chi connectivity index (χ1) is 12.3. The van der Waals surface area contributed by atoms with Crippen LogP contribution in [0.1, 0.15) is 19.7 Å². The van der Waals surface area contributed by atoms with Gasteiger partial charge < -0.3 is 20.4 Å². The molecule has 9 nitrogen and oxygen atoms in total. The van der Waals surface area contributed by atoms with Gasteiger partial charge in [-0.3, -0.25) is 14.4 Å². The highest BCUT2D eigenvalue weighted by Crippen LogP contribution is 2.19. The van der Waals surface area contributed by atoms with Crippen LogP contribution in [0.2, 0.25) is 0 Å². The van der Waals surface area contributed by atoms with Crippen molar-refractivity contribution in [3.63, 3.8) is 0 Å². The number of carbonyl (C=O) groups excluding carboxylic acids is 3. The zero-order valence-electron chi connectivity index (χ0n) is 14.8. The van der Waals surface area contributed by atoms with Crippen molar-refractivity contribution in [3.8, 4) is 11.5 Å². The lowest BCUT2D eigenvalue weighted by Gasteiger charge is -2.09. The minimum atomic E-state index is -0.888. The van der Waals surface area contributed by atoms with Crippen LogP contribution >= 0.6 is 0 Å². The maximum atomic E-state index is 11.9. The van der Waals surface area contributed by atoms with Gasteiger partial charge in [0.15, 0.2) is 0 Å². The number of nitrogens with one attached hydrogen (secondary N) is 3. The Labute approximate surface area is 150 Å². The number of amides is 3. The minimum Gasteiger partial charge on any atom is -0.421 e. The van der Waals surface area contributed by atoms with Crippen LogP contribution in [0.25, 0.3) is 11.5 Å². The molecule has 0 unspecified atom stereocenters. The monoisotopic (exact) mass is 359 g/mol. The Kier molecular flexibility index (Phi) is 6.42. The van der Waals surface area contributed by atoms with Gasteiger partial charge in [-0.1, -0.05) is 13.8 Å². The summed E-state index contributed by atoms with van der Waals surface area (Å²) in [6.45, 7) is 5.85. The van der Waals surface area contributed by atoms with Crippen LogP contribution in [0.3, 0.4) is 0 Å². The standard InChI is InChI=1S/C17H21N5O4/c1-10(2)8-18-14(23)9-19-15(24)16(25)20-13-6-4-12(5-7-13)17-22-21-11(3)26-17/h4-7,10H,8-9H2,1-3H3,(H,18,23)(H,19,24)(H,20,25). The molecule has 0 fully saturated rings. The Hall–Kier alpha value is -3.23. The van der Waals surface area contributed by atoms with Crippen LogP contribution < -0.4 is 16.0 Å². The Morgan fingerprint density at radius 2 is 1.73 bits per heavy atom. The molecule has 3 N–H and O–H groups in total. The van der Waals surface area contributed by atoms with E-state index in [-0.39, 0.29) is 12.5 Å². The third kappa shape index (κ3) is 5.69. The average Bonchev–Trinajstić information content (AvgIpc) is 3.04. The number of hydrogen-bond acceptors (Lipinski definition) is 6. The van der Waals surface area contributed by atoms with Gasteiger partial charge in [-0.2, -0.15) is 0 Å². The number of rotatable bonds is 6. The smallest absolute Gasteiger partial charge is 0.313 e. The molecule has 0 aliphatic carbocycles. The van der Waals surface area contributed by atoms with Gasteiger partial charge in [0, 0.05) is 24.7 Å². The number of aromatic nitrogens is 2. The van der Waals surface area contributed by atoms with Crippen LogP contribution in [0.15, 0.2) is 28.7 Å². The van der Waals surface area contributed by atoms with Crippen molar-refractivity contribution in [1.29, 1.82) is 0 Å². The lowest BCUT2D eigenvalue weighted by molar-refractivity contribution is -0.136. The predicted molar refractivity (Wildman–Crippen MR) is 94.0 cm³/mol. The summed E-state index contributed by atoms with van der Waals surface area (Å²) in [5, 5.41) is 15.0. The third-order valence-electron chi connectivity index (χ3n) is 3.24. The fourth-order valence-electron chi connectivity index (χ4n) is 1.92. The number of nitrogens with zero attached hydrogens (tertiary/aromatic N) is 2. The summed E-state index contributed by atoms with van der Waals surface area (Å²) in [7, 11) is 0. The molecule has 3 amide bonds. The summed E-state index contributed by atoms with van der Waals surface area (Å²) < 4.78 is 5.31. The molecule has 0 aliphatic heterocycles. The fraction of sp³-hybridized carbons (Fsp3) is 0.353. The molecular weight excluding hydrogens is 338 g/mol. The van der Waals surface area contributed by atoms with E-state index in [4.69, 9.17) is 4.42 Å². The zero-order chi connectivity index (χ0) is 19.1. The summed E-state index contributed by atoms with van der Waals surface area (Å²) >= 11 is 0. The Balaban J connectivity index is 1.83. The Bertz CT molecular complexity index is 783. The first kappa shape index (κ1) is 19.1. The van der Waals surface area contributed by atoms with Gasteiger partial charge in [0.1, 0.15) is 0 Å². The molecule has 0 spiro atoms. The van der Waals surface area contributed by atoms with E-state index in [1.54, 1.807) is 31.2 Å². The van der Waals surface area contributed by atoms with Gasteiger partial charge in [0.05, 0.1) is 6.54 Å². The molecule has 2 aromatic rings. The molecule has 1 aromatic heterocycles. The van der Waals surface area contributed by atoms with Gasteiger partial charge >= 0.3 is 11.8 Å². The quantitative estimate of drug-likeness (QED) is 0.657. The molecule has 0 atom stereocenters. The van der Waals surface area contributed by atoms with Gasteiger partial charge in [-0.05, 0) is 30.2 Å². The average molecular weight is 359 g/mol. The highest BCUT2D eigenvalue weighted by atomic mass is 16.4. The third-order valence-corrected chi connectivity index (χ3v) is 3.24. The van der Waals surface area contributed by atoms with Crippen molar-refractivity contribution in [2.45, 2.75) is 20.8 Å². The highest BCUT2D eigenvalue weighted by Gasteiger charge is 2.15. The molecule has 0 aliphatic rings. The van der Waals surface area contributed by atoms with Crippen molar-refractivity contribution >= 4 is 23.4 Å². The van der Waals surface area contributed by atoms with Gasteiger partial charge in [0.25, 0.3) is 0 Å². The van der Waals surface area contributed by atoms with Crippen LogP contribution in [0.4, 0.5) is 5.69 Å². The van der Waals surface area contributed by atoms with Gasteiger partial charge in [0.2, 0.25) is 17.7 Å². The molecule has 1 aromatic carbocycles. The number of anilines is 1. The predicted octanol–water partition coefficient (Wildman–Crippen LogP) is 0.872. The zero-order valence-corrected chi connectivity index (χ0v) is 14.8. The van der Waals surface area contributed by atoms with E-state index in [0.29, 0.717) is 35.5 Å². The molecule has 1 heterocycles. The van der Waals surface area contributed by atoms with E-state index in [0.717, 1.165) is 0 Å². The van der Waals surface area contributed by atoms with E-state index in [1.807, 2.05) is 13.8 Å². The van der Waals surface area contributed by atoms with Gasteiger partial charge in [-0.25, -0.2) is 0 Å². The van der Waals surface area contributed by atoms with Crippen molar-refractivity contribution in [1.82, 2.24) is 20.8 Å².